The molecule has 0 aromatic heterocycles. The van der Waals surface area contributed by atoms with Crippen molar-refractivity contribution in [3.63, 3.8) is 0 Å². The molecule has 7 heteroatoms. The second-order valence-electron chi connectivity index (χ2n) is 8.86. The van der Waals surface area contributed by atoms with Gasteiger partial charge in [0.25, 0.3) is 11.8 Å². The number of urea groups is 1. The molecule has 4 amide bonds. The normalized spacial score (nSPS) is 18.3. The third-order valence-corrected chi connectivity index (χ3v) is 7.00. The number of carbonyl (C=O) groups excluding carboxylic acids is 3. The highest BCUT2D eigenvalue weighted by Crippen LogP contribution is 2.33. The summed E-state index contributed by atoms with van der Waals surface area (Å²) in [5.74, 6) is -0.745. The van der Waals surface area contributed by atoms with E-state index < -0.39 is 17.8 Å². The van der Waals surface area contributed by atoms with Crippen molar-refractivity contribution >= 4 is 46.3 Å². The van der Waals surface area contributed by atoms with Gasteiger partial charge in [-0.2, -0.15) is 0 Å². The summed E-state index contributed by atoms with van der Waals surface area (Å²) < 4.78 is 6.14. The molecule has 0 atom stereocenters. The Kier molecular flexibility index (Phi) is 6.55. The van der Waals surface area contributed by atoms with E-state index in [1.165, 1.54) is 4.90 Å². The van der Waals surface area contributed by atoms with Crippen LogP contribution in [0.4, 0.5) is 4.79 Å². The van der Waals surface area contributed by atoms with E-state index in [-0.39, 0.29) is 18.2 Å². The fourth-order valence-corrected chi connectivity index (χ4v) is 5.00. The van der Waals surface area contributed by atoms with Crippen molar-refractivity contribution < 1.29 is 19.1 Å². The zero-order chi connectivity index (χ0) is 24.4. The smallest absolute Gasteiger partial charge is 0.331 e. The summed E-state index contributed by atoms with van der Waals surface area (Å²) >= 11 is 6.30. The number of barbiturate groups is 1. The lowest BCUT2D eigenvalue weighted by molar-refractivity contribution is -0.132. The highest BCUT2D eigenvalue weighted by molar-refractivity contribution is 6.32. The van der Waals surface area contributed by atoms with Crippen LogP contribution in [0.3, 0.4) is 0 Å². The quantitative estimate of drug-likeness (QED) is 0.360. The molecule has 5 rings (SSSR count). The topological polar surface area (TPSA) is 75.7 Å². The predicted octanol–water partition coefficient (Wildman–Crippen LogP) is 5.87. The van der Waals surface area contributed by atoms with Gasteiger partial charge in [0.2, 0.25) is 0 Å². The molecule has 2 fully saturated rings. The van der Waals surface area contributed by atoms with Gasteiger partial charge in [0.1, 0.15) is 17.9 Å². The van der Waals surface area contributed by atoms with E-state index >= 15 is 0 Å². The second-order valence-corrected chi connectivity index (χ2v) is 9.27. The van der Waals surface area contributed by atoms with E-state index in [0.29, 0.717) is 16.3 Å². The zero-order valence-electron chi connectivity index (χ0n) is 19.1. The number of amides is 4. The average molecular weight is 489 g/mol. The lowest BCUT2D eigenvalue weighted by Gasteiger charge is -2.35. The van der Waals surface area contributed by atoms with Crippen molar-refractivity contribution in [3.05, 3.63) is 82.4 Å². The van der Waals surface area contributed by atoms with Crippen LogP contribution in [0, 0.1) is 0 Å². The van der Waals surface area contributed by atoms with Crippen molar-refractivity contribution in [3.8, 4) is 5.75 Å². The number of hydrogen-bond donors (Lipinski definition) is 1. The van der Waals surface area contributed by atoms with Gasteiger partial charge >= 0.3 is 6.03 Å². The molecule has 0 radical (unpaired) electrons. The first-order chi connectivity index (χ1) is 17.0. The first kappa shape index (κ1) is 23.1. The maximum atomic E-state index is 13.4. The van der Waals surface area contributed by atoms with Crippen LogP contribution in [0.15, 0.2) is 66.2 Å². The summed E-state index contributed by atoms with van der Waals surface area (Å²) in [5, 5.41) is 4.73. The number of fused-ring (bicyclic) bond motifs is 1. The highest BCUT2D eigenvalue weighted by atomic mass is 35.5. The van der Waals surface area contributed by atoms with Crippen LogP contribution in [-0.2, 0) is 16.2 Å². The van der Waals surface area contributed by atoms with Gasteiger partial charge in [0.05, 0.1) is 0 Å². The number of nitrogens with one attached hydrogen (secondary N) is 1. The molecule has 178 valence electrons. The van der Waals surface area contributed by atoms with Crippen LogP contribution in [0.2, 0.25) is 5.02 Å². The molecule has 35 heavy (non-hydrogen) atoms. The van der Waals surface area contributed by atoms with Crippen LogP contribution in [0.5, 0.6) is 5.75 Å². The zero-order valence-corrected chi connectivity index (χ0v) is 19.9. The molecule has 0 spiro atoms. The largest absolute Gasteiger partial charge is 0.488 e. The maximum absolute atomic E-state index is 13.4. The number of ether oxygens (including phenoxy) is 1. The molecule has 3 aromatic carbocycles. The van der Waals surface area contributed by atoms with Crippen LogP contribution >= 0.6 is 11.6 Å². The van der Waals surface area contributed by atoms with E-state index in [0.717, 1.165) is 48.4 Å². The standard InChI is InChI=1S/C28H25ClN2O4/c29-24-13-7-5-9-19(24)17-35-25-15-14-18-8-4-6-12-21(18)22(25)16-23-26(32)30-28(34)31(27(23)33)20-10-2-1-3-11-20/h4-9,12-16,20H,1-3,10-11,17H2,(H,30,32,34). The molecule has 1 saturated carbocycles. The summed E-state index contributed by atoms with van der Waals surface area (Å²) in [4.78, 5) is 40.1. The van der Waals surface area contributed by atoms with Crippen LogP contribution in [-0.4, -0.2) is 28.8 Å². The Labute approximate surface area is 208 Å². The second kappa shape index (κ2) is 9.92. The molecule has 1 aliphatic heterocycles. The predicted molar refractivity (Wildman–Crippen MR) is 135 cm³/mol. The Morgan fingerprint density at radius 1 is 0.943 bits per heavy atom. The van der Waals surface area contributed by atoms with Gasteiger partial charge in [-0.15, -0.1) is 0 Å². The number of benzene rings is 3. The van der Waals surface area contributed by atoms with Gasteiger partial charge in [-0.25, -0.2) is 4.79 Å². The SMILES string of the molecule is O=C1NC(=O)N(C2CCCCC2)C(=O)C1=Cc1c(OCc2ccccc2Cl)ccc2ccccc12. The molecule has 6 nitrogen and oxygen atoms in total. The Morgan fingerprint density at radius 3 is 2.49 bits per heavy atom. The number of imide groups is 2. The van der Waals surface area contributed by atoms with Gasteiger partial charge in [0, 0.05) is 22.2 Å². The van der Waals surface area contributed by atoms with Crippen LogP contribution in [0.25, 0.3) is 16.8 Å². The molecular formula is C28H25ClN2O4. The molecular weight excluding hydrogens is 464 g/mol. The minimum Gasteiger partial charge on any atom is -0.488 e. The average Bonchev–Trinajstić information content (AvgIpc) is 2.87. The molecule has 0 unspecified atom stereocenters. The van der Waals surface area contributed by atoms with Gasteiger partial charge in [-0.1, -0.05) is 79.4 Å². The van der Waals surface area contributed by atoms with Gasteiger partial charge < -0.3 is 4.74 Å². The number of rotatable bonds is 5. The van der Waals surface area contributed by atoms with Crippen LogP contribution < -0.4 is 10.1 Å². The van der Waals surface area contributed by atoms with Crippen molar-refractivity contribution in [2.45, 2.75) is 44.8 Å². The van der Waals surface area contributed by atoms with E-state index in [9.17, 15) is 14.4 Å². The van der Waals surface area contributed by atoms with Crippen molar-refractivity contribution in [1.29, 1.82) is 0 Å². The first-order valence-corrected chi connectivity index (χ1v) is 12.2. The summed E-state index contributed by atoms with van der Waals surface area (Å²) in [7, 11) is 0. The Hall–Kier alpha value is -3.64. The summed E-state index contributed by atoms with van der Waals surface area (Å²) in [6.45, 7) is 0.223. The number of hydrogen-bond acceptors (Lipinski definition) is 4. The Morgan fingerprint density at radius 2 is 1.69 bits per heavy atom. The Balaban J connectivity index is 1.55. The third kappa shape index (κ3) is 4.66. The van der Waals surface area contributed by atoms with Gasteiger partial charge in [-0.3, -0.25) is 19.8 Å². The molecule has 1 saturated heterocycles. The number of carbonyl (C=O) groups is 3. The number of nitrogens with zero attached hydrogens (tertiary/aromatic N) is 1. The lowest BCUT2D eigenvalue weighted by Crippen LogP contribution is -2.58. The van der Waals surface area contributed by atoms with E-state index in [1.54, 1.807) is 12.1 Å². The fourth-order valence-electron chi connectivity index (χ4n) is 4.81. The van der Waals surface area contributed by atoms with Gasteiger partial charge in [0.15, 0.2) is 0 Å². The summed E-state index contributed by atoms with van der Waals surface area (Å²) in [6.07, 6.45) is 6.05. The minimum absolute atomic E-state index is 0.0749. The van der Waals surface area contributed by atoms with Crippen molar-refractivity contribution in [2.75, 3.05) is 0 Å². The monoisotopic (exact) mass is 488 g/mol. The molecule has 3 aromatic rings. The minimum atomic E-state index is -0.697. The van der Waals surface area contributed by atoms with Crippen molar-refractivity contribution in [1.82, 2.24) is 10.2 Å². The lowest BCUT2D eigenvalue weighted by atomic mass is 9.93. The van der Waals surface area contributed by atoms with Gasteiger partial charge in [-0.05, 0) is 41.8 Å². The third-order valence-electron chi connectivity index (χ3n) is 6.63. The Bertz CT molecular complexity index is 1340. The molecule has 2 aliphatic rings. The van der Waals surface area contributed by atoms with Crippen molar-refractivity contribution in [2.24, 2.45) is 0 Å². The van der Waals surface area contributed by atoms with E-state index in [4.69, 9.17) is 16.3 Å². The highest BCUT2D eigenvalue weighted by Gasteiger charge is 2.40. The molecule has 1 heterocycles. The fraction of sp³-hybridized carbons (Fsp3) is 0.250. The van der Waals surface area contributed by atoms with E-state index in [2.05, 4.69) is 5.32 Å². The van der Waals surface area contributed by atoms with Crippen LogP contribution in [0.1, 0.15) is 43.2 Å². The maximum Gasteiger partial charge on any atom is 0.331 e. The molecule has 1 N–H and O–H groups in total. The van der Waals surface area contributed by atoms with E-state index in [1.807, 2.05) is 54.6 Å². The molecule has 0 bridgehead atoms. The summed E-state index contributed by atoms with van der Waals surface area (Å²) in [5.41, 5.74) is 1.35. The first-order valence-electron chi connectivity index (χ1n) is 11.8. The molecule has 1 aliphatic carbocycles. The summed E-state index contributed by atoms with van der Waals surface area (Å²) in [6, 6.07) is 18.0. The number of halogens is 1.